The summed E-state index contributed by atoms with van der Waals surface area (Å²) in [6.45, 7) is 6.94. The van der Waals surface area contributed by atoms with Crippen LogP contribution in [0.3, 0.4) is 0 Å². The van der Waals surface area contributed by atoms with Crippen LogP contribution in [0.2, 0.25) is 0 Å². The van der Waals surface area contributed by atoms with E-state index in [2.05, 4.69) is 25.5 Å². The van der Waals surface area contributed by atoms with Crippen LogP contribution in [0.4, 0.5) is 17.2 Å². The third-order valence-corrected chi connectivity index (χ3v) is 11.4. The summed E-state index contributed by atoms with van der Waals surface area (Å²) >= 11 is 1.41. The van der Waals surface area contributed by atoms with E-state index in [1.54, 1.807) is 41.6 Å². The average Bonchev–Trinajstić information content (AvgIpc) is 3.78. The summed E-state index contributed by atoms with van der Waals surface area (Å²) in [5.74, 6) is 0.189. The van der Waals surface area contributed by atoms with Gasteiger partial charge in [-0.25, -0.2) is 4.98 Å². The third-order valence-electron chi connectivity index (χ3n) is 10.2. The maximum Gasteiger partial charge on any atom is 0.261 e. The molecule has 3 fully saturated rings. The van der Waals surface area contributed by atoms with Crippen molar-refractivity contribution in [2.24, 2.45) is 5.41 Å². The van der Waals surface area contributed by atoms with Crippen LogP contribution in [-0.2, 0) is 15.9 Å². The number of aryl methyl sites for hydroxylation is 1. The summed E-state index contributed by atoms with van der Waals surface area (Å²) in [6.07, 6.45) is 8.23. The number of hydrogen-bond donors (Lipinski definition) is 2. The standard InChI is InChI=1S/C38H40N6O5S/c1-24-18-29(34(40-20-24)43-22-38(23-43)11-16-48-17-12-38)35(45)42-27-8-6-25(7-9-27)37(47)44-14-10-26-19-31(36(46)41-21-28-4-3-15-49-28)50-33(26)32-30(44)5-2-13-39-32/h2,5-9,13,18-20,28H,3-4,10-12,14-17,21-23H2,1H3,(H,41,46)(H,42,45). The summed E-state index contributed by atoms with van der Waals surface area (Å²) in [5, 5.41) is 6.04. The molecule has 0 bridgehead atoms. The minimum absolute atomic E-state index is 0.0722. The maximum atomic E-state index is 14.0. The van der Waals surface area contributed by atoms with Crippen LogP contribution in [0.25, 0.3) is 10.6 Å². The van der Waals surface area contributed by atoms with Crippen molar-refractivity contribution < 1.29 is 23.9 Å². The van der Waals surface area contributed by atoms with E-state index in [9.17, 15) is 14.4 Å². The monoisotopic (exact) mass is 692 g/mol. The van der Waals surface area contributed by atoms with Crippen LogP contribution < -0.4 is 20.4 Å². The van der Waals surface area contributed by atoms with Crippen LogP contribution in [0, 0.1) is 12.3 Å². The number of aromatic nitrogens is 2. The first-order chi connectivity index (χ1) is 24.4. The lowest BCUT2D eigenvalue weighted by atomic mass is 9.73. The van der Waals surface area contributed by atoms with Gasteiger partial charge in [-0.1, -0.05) is 0 Å². The highest BCUT2D eigenvalue weighted by atomic mass is 32.1. The molecular weight excluding hydrogens is 653 g/mol. The van der Waals surface area contributed by atoms with Gasteiger partial charge in [-0.05, 0) is 98.7 Å². The van der Waals surface area contributed by atoms with Crippen molar-refractivity contribution in [3.63, 3.8) is 0 Å². The predicted molar refractivity (Wildman–Crippen MR) is 192 cm³/mol. The SMILES string of the molecule is Cc1cnc(N2CC3(CCOCC3)C2)c(C(=O)Nc2ccc(C(=O)N3CCc4cc(C(=O)NCC5CCCO5)sc4-c4ncccc43)cc2)c1. The lowest BCUT2D eigenvalue weighted by molar-refractivity contribution is -0.000511. The fourth-order valence-electron chi connectivity index (χ4n) is 7.44. The highest BCUT2D eigenvalue weighted by molar-refractivity contribution is 7.17. The number of benzene rings is 1. The molecule has 4 aliphatic heterocycles. The number of fused-ring (bicyclic) bond motifs is 3. The van der Waals surface area contributed by atoms with Gasteiger partial charge in [0.15, 0.2) is 0 Å². The quantitative estimate of drug-likeness (QED) is 0.261. The molecule has 12 heteroatoms. The molecule has 3 amide bonds. The number of nitrogens with one attached hydrogen (secondary N) is 2. The van der Waals surface area contributed by atoms with Crippen molar-refractivity contribution in [3.8, 4) is 10.6 Å². The summed E-state index contributed by atoms with van der Waals surface area (Å²) in [7, 11) is 0. The van der Waals surface area contributed by atoms with Crippen LogP contribution in [-0.4, -0.2) is 79.8 Å². The van der Waals surface area contributed by atoms with E-state index >= 15 is 0 Å². The lowest BCUT2D eigenvalue weighted by Gasteiger charge is -2.53. The second-order valence-electron chi connectivity index (χ2n) is 13.8. The van der Waals surface area contributed by atoms with Gasteiger partial charge in [0.25, 0.3) is 17.7 Å². The van der Waals surface area contributed by atoms with Crippen LogP contribution in [0.15, 0.2) is 60.9 Å². The van der Waals surface area contributed by atoms with Gasteiger partial charge in [-0.3, -0.25) is 19.4 Å². The predicted octanol–water partition coefficient (Wildman–Crippen LogP) is 5.49. The molecule has 0 saturated carbocycles. The van der Waals surface area contributed by atoms with E-state index in [-0.39, 0.29) is 29.2 Å². The van der Waals surface area contributed by atoms with Crippen molar-refractivity contribution in [1.82, 2.24) is 15.3 Å². The minimum Gasteiger partial charge on any atom is -0.381 e. The van der Waals surface area contributed by atoms with Gasteiger partial charge in [0.1, 0.15) is 11.5 Å². The Bertz CT molecular complexity index is 1920. The second-order valence-corrected chi connectivity index (χ2v) is 14.8. The molecule has 0 aliphatic carbocycles. The number of carbonyl (C=O) groups is 3. The molecule has 3 saturated heterocycles. The molecule has 0 radical (unpaired) electrons. The molecule has 258 valence electrons. The van der Waals surface area contributed by atoms with Gasteiger partial charge in [-0.15, -0.1) is 11.3 Å². The maximum absolute atomic E-state index is 14.0. The van der Waals surface area contributed by atoms with Gasteiger partial charge in [0.2, 0.25) is 0 Å². The average molecular weight is 693 g/mol. The zero-order valence-corrected chi connectivity index (χ0v) is 28.9. The molecule has 8 rings (SSSR count). The molecule has 50 heavy (non-hydrogen) atoms. The third kappa shape index (κ3) is 6.38. The fraction of sp³-hybridized carbons (Fsp3) is 0.395. The summed E-state index contributed by atoms with van der Waals surface area (Å²) in [4.78, 5) is 55.4. The van der Waals surface area contributed by atoms with Crippen molar-refractivity contribution in [3.05, 3.63) is 88.1 Å². The van der Waals surface area contributed by atoms with Gasteiger partial charge in [-0.2, -0.15) is 0 Å². The smallest absolute Gasteiger partial charge is 0.261 e. The first kappa shape index (κ1) is 32.5. The highest BCUT2D eigenvalue weighted by Gasteiger charge is 2.45. The Morgan fingerprint density at radius 1 is 1.02 bits per heavy atom. The van der Waals surface area contributed by atoms with E-state index in [1.165, 1.54) is 11.3 Å². The number of carbonyl (C=O) groups excluding carboxylic acids is 3. The normalized spacial score (nSPS) is 19.3. The molecule has 11 nitrogen and oxygen atoms in total. The van der Waals surface area contributed by atoms with Gasteiger partial charge in [0, 0.05) is 75.1 Å². The molecule has 1 spiro atoms. The Kier molecular flexibility index (Phi) is 8.84. The Balaban J connectivity index is 0.955. The van der Waals surface area contributed by atoms with Gasteiger partial charge < -0.3 is 29.9 Å². The Morgan fingerprint density at radius 2 is 1.84 bits per heavy atom. The molecule has 1 atom stereocenters. The number of nitrogens with zero attached hydrogens (tertiary/aromatic N) is 4. The minimum atomic E-state index is -0.234. The number of thiophene rings is 1. The van der Waals surface area contributed by atoms with Crippen molar-refractivity contribution in [1.29, 1.82) is 0 Å². The van der Waals surface area contributed by atoms with E-state index in [1.807, 2.05) is 31.2 Å². The molecule has 1 unspecified atom stereocenters. The number of pyridine rings is 2. The van der Waals surface area contributed by atoms with Crippen LogP contribution in [0.5, 0.6) is 0 Å². The summed E-state index contributed by atoms with van der Waals surface area (Å²) in [5.41, 5.74) is 5.18. The lowest BCUT2D eigenvalue weighted by Crippen LogP contribution is -2.59. The molecule has 4 aromatic rings. The number of anilines is 3. The highest BCUT2D eigenvalue weighted by Crippen LogP contribution is 2.43. The Hall–Kier alpha value is -4.65. The molecule has 7 heterocycles. The number of amides is 3. The molecule has 3 aromatic heterocycles. The van der Waals surface area contributed by atoms with Crippen molar-refractivity contribution >= 4 is 46.3 Å². The van der Waals surface area contributed by atoms with Crippen molar-refractivity contribution in [2.75, 3.05) is 61.1 Å². The van der Waals surface area contributed by atoms with E-state index in [0.717, 1.165) is 74.6 Å². The first-order valence-electron chi connectivity index (χ1n) is 17.4. The van der Waals surface area contributed by atoms with E-state index < -0.39 is 0 Å². The molecular formula is C38H40N6O5S. The number of rotatable bonds is 7. The molecule has 2 N–H and O–H groups in total. The molecule has 1 aromatic carbocycles. The Labute approximate surface area is 295 Å². The molecule has 4 aliphatic rings. The van der Waals surface area contributed by atoms with Crippen molar-refractivity contribution in [2.45, 2.75) is 45.1 Å². The topological polar surface area (TPSA) is 126 Å². The van der Waals surface area contributed by atoms with E-state index in [0.29, 0.717) is 58.4 Å². The summed E-state index contributed by atoms with van der Waals surface area (Å²) in [6, 6.07) is 14.5. The zero-order valence-electron chi connectivity index (χ0n) is 28.1. The largest absolute Gasteiger partial charge is 0.381 e. The van der Waals surface area contributed by atoms with Crippen LogP contribution in [0.1, 0.15) is 67.2 Å². The Morgan fingerprint density at radius 3 is 2.62 bits per heavy atom. The summed E-state index contributed by atoms with van der Waals surface area (Å²) < 4.78 is 11.2. The second kappa shape index (κ2) is 13.6. The van der Waals surface area contributed by atoms with E-state index in [4.69, 9.17) is 9.47 Å². The number of ether oxygens (including phenoxy) is 2. The zero-order chi connectivity index (χ0) is 34.2. The first-order valence-corrected chi connectivity index (χ1v) is 18.2. The fourth-order valence-corrected chi connectivity index (χ4v) is 8.58. The van der Waals surface area contributed by atoms with Gasteiger partial charge >= 0.3 is 0 Å². The van der Waals surface area contributed by atoms with Crippen LogP contribution >= 0.6 is 11.3 Å². The number of hydrogen-bond acceptors (Lipinski definition) is 9. The van der Waals surface area contributed by atoms with Gasteiger partial charge in [0.05, 0.1) is 27.1 Å².